The van der Waals surface area contributed by atoms with Crippen LogP contribution < -0.4 is 5.32 Å². The van der Waals surface area contributed by atoms with Gasteiger partial charge in [-0.05, 0) is 37.0 Å². The van der Waals surface area contributed by atoms with Gasteiger partial charge >= 0.3 is 0 Å². The maximum atomic E-state index is 12.7. The minimum Gasteiger partial charge on any atom is -0.322 e. The van der Waals surface area contributed by atoms with Gasteiger partial charge in [0.25, 0.3) is 0 Å². The van der Waals surface area contributed by atoms with Gasteiger partial charge in [0.1, 0.15) is 5.69 Å². The molecule has 1 aliphatic carbocycles. The molecule has 0 aliphatic heterocycles. The van der Waals surface area contributed by atoms with Crippen molar-refractivity contribution in [2.24, 2.45) is 5.92 Å². The highest BCUT2D eigenvalue weighted by atomic mass is 79.9. The molecule has 2 atom stereocenters. The summed E-state index contributed by atoms with van der Waals surface area (Å²) in [7, 11) is 0. The number of anilines is 1. The first kappa shape index (κ1) is 16.1. The number of carbonyl (C=O) groups excluding carboxylic acids is 1. The van der Waals surface area contributed by atoms with E-state index in [1.165, 1.54) is 5.56 Å². The number of aryl methyl sites for hydroxylation is 1. The zero-order chi connectivity index (χ0) is 17.4. The van der Waals surface area contributed by atoms with Crippen LogP contribution in [0.3, 0.4) is 0 Å². The molecule has 3 aromatic rings. The Bertz CT molecular complexity index is 920. The molecule has 1 fully saturated rings. The number of hydrogen-bond donors (Lipinski definition) is 2. The first-order valence-electron chi connectivity index (χ1n) is 8.30. The Balaban J connectivity index is 1.52. The average molecular weight is 396 g/mol. The van der Waals surface area contributed by atoms with E-state index in [4.69, 9.17) is 0 Å². The van der Waals surface area contributed by atoms with Crippen LogP contribution >= 0.6 is 15.9 Å². The summed E-state index contributed by atoms with van der Waals surface area (Å²) in [5.41, 5.74) is 4.62. The summed E-state index contributed by atoms with van der Waals surface area (Å²) in [6.07, 6.45) is 0.889. The van der Waals surface area contributed by atoms with E-state index in [0.29, 0.717) is 5.92 Å². The third kappa shape index (κ3) is 3.24. The molecule has 0 bridgehead atoms. The number of rotatable bonds is 4. The summed E-state index contributed by atoms with van der Waals surface area (Å²) >= 11 is 3.50. The summed E-state index contributed by atoms with van der Waals surface area (Å²) in [5, 5.41) is 10.4. The Morgan fingerprint density at radius 2 is 2.00 bits per heavy atom. The number of aromatic nitrogens is 2. The molecule has 5 heteroatoms. The molecule has 0 radical (unpaired) electrons. The zero-order valence-electron chi connectivity index (χ0n) is 13.8. The van der Waals surface area contributed by atoms with Crippen molar-refractivity contribution in [3.8, 4) is 11.3 Å². The van der Waals surface area contributed by atoms with E-state index in [1.807, 2.05) is 49.4 Å². The number of nitrogens with one attached hydrogen (secondary N) is 2. The summed E-state index contributed by atoms with van der Waals surface area (Å²) < 4.78 is 1.05. The van der Waals surface area contributed by atoms with Gasteiger partial charge in [-0.1, -0.05) is 58.4 Å². The lowest BCUT2D eigenvalue weighted by molar-refractivity contribution is -0.117. The molecule has 0 unspecified atom stereocenters. The van der Waals surface area contributed by atoms with E-state index in [-0.39, 0.29) is 11.8 Å². The Morgan fingerprint density at radius 3 is 2.76 bits per heavy atom. The second kappa shape index (κ2) is 6.48. The number of carbonyl (C=O) groups is 1. The Labute approximate surface area is 154 Å². The molecule has 0 saturated heterocycles. The van der Waals surface area contributed by atoms with Gasteiger partial charge in [-0.3, -0.25) is 9.89 Å². The normalized spacial score (nSPS) is 18.8. The van der Waals surface area contributed by atoms with Crippen molar-refractivity contribution in [3.63, 3.8) is 0 Å². The van der Waals surface area contributed by atoms with Gasteiger partial charge in [0.15, 0.2) is 0 Å². The number of hydrogen-bond acceptors (Lipinski definition) is 2. The van der Waals surface area contributed by atoms with Gasteiger partial charge in [-0.25, -0.2) is 0 Å². The number of nitrogens with zero attached hydrogens (tertiary/aromatic N) is 1. The van der Waals surface area contributed by atoms with Crippen LogP contribution in [0.4, 0.5) is 5.69 Å². The molecule has 1 aromatic heterocycles. The zero-order valence-corrected chi connectivity index (χ0v) is 15.4. The van der Waals surface area contributed by atoms with Crippen LogP contribution in [0.15, 0.2) is 59.1 Å². The molecule has 0 spiro atoms. The highest BCUT2D eigenvalue weighted by molar-refractivity contribution is 9.10. The highest BCUT2D eigenvalue weighted by Crippen LogP contribution is 2.48. The van der Waals surface area contributed by atoms with E-state index in [1.54, 1.807) is 0 Å². The lowest BCUT2D eigenvalue weighted by Crippen LogP contribution is -2.15. The molecule has 1 aliphatic rings. The van der Waals surface area contributed by atoms with Crippen LogP contribution in [0, 0.1) is 12.8 Å². The van der Waals surface area contributed by atoms with Crippen molar-refractivity contribution in [2.75, 3.05) is 5.32 Å². The lowest BCUT2D eigenvalue weighted by atomic mass is 10.1. The number of aromatic amines is 1. The van der Waals surface area contributed by atoms with Crippen LogP contribution in [0.5, 0.6) is 0 Å². The molecule has 1 saturated carbocycles. The van der Waals surface area contributed by atoms with Crippen LogP contribution in [0.25, 0.3) is 11.3 Å². The van der Waals surface area contributed by atoms with E-state index in [9.17, 15) is 4.79 Å². The smallest absolute Gasteiger partial charge is 0.228 e. The first-order valence-corrected chi connectivity index (χ1v) is 9.09. The standard InChI is InChI=1S/C20H18BrN3O/c1-12-18(19(24-23-12)13-6-3-2-4-7-13)22-20(25)17-11-16(17)14-8-5-9-15(21)10-14/h2-10,16-17H,11H2,1H3,(H,22,25)(H,23,24)/t16-,17-/m1/s1. The van der Waals surface area contributed by atoms with Crippen molar-refractivity contribution < 1.29 is 4.79 Å². The molecular weight excluding hydrogens is 378 g/mol. The van der Waals surface area contributed by atoms with Crippen molar-refractivity contribution >= 4 is 27.5 Å². The Kier molecular flexibility index (Phi) is 4.17. The van der Waals surface area contributed by atoms with Crippen LogP contribution in [-0.2, 0) is 4.79 Å². The number of H-pyrrole nitrogens is 1. The van der Waals surface area contributed by atoms with Crippen molar-refractivity contribution in [3.05, 3.63) is 70.3 Å². The molecule has 1 heterocycles. The van der Waals surface area contributed by atoms with Crippen molar-refractivity contribution in [1.82, 2.24) is 10.2 Å². The largest absolute Gasteiger partial charge is 0.322 e. The molecular formula is C20H18BrN3O. The Hall–Kier alpha value is -2.40. The number of amides is 1. The first-order chi connectivity index (χ1) is 12.1. The molecule has 4 nitrogen and oxygen atoms in total. The van der Waals surface area contributed by atoms with E-state index >= 15 is 0 Å². The van der Waals surface area contributed by atoms with E-state index in [2.05, 4.69) is 43.6 Å². The molecule has 2 N–H and O–H groups in total. The third-order valence-corrected chi connectivity index (χ3v) is 5.14. The van der Waals surface area contributed by atoms with E-state index < -0.39 is 0 Å². The fourth-order valence-electron chi connectivity index (χ4n) is 3.19. The number of benzene rings is 2. The van der Waals surface area contributed by atoms with Gasteiger partial charge in [0, 0.05) is 16.0 Å². The minimum absolute atomic E-state index is 0.0206. The lowest BCUT2D eigenvalue weighted by Gasteiger charge is -2.07. The summed E-state index contributed by atoms with van der Waals surface area (Å²) in [4.78, 5) is 12.7. The fraction of sp³-hybridized carbons (Fsp3) is 0.200. The SMILES string of the molecule is Cc1[nH]nc(-c2ccccc2)c1NC(=O)[C@@H]1C[C@@H]1c1cccc(Br)c1. The number of halogens is 1. The molecule has 2 aromatic carbocycles. The third-order valence-electron chi connectivity index (χ3n) is 4.65. The second-order valence-electron chi connectivity index (χ2n) is 6.43. The fourth-order valence-corrected chi connectivity index (χ4v) is 3.61. The predicted octanol–water partition coefficient (Wildman–Crippen LogP) is 4.89. The van der Waals surface area contributed by atoms with Crippen molar-refractivity contribution in [1.29, 1.82) is 0 Å². The average Bonchev–Trinajstić information content (AvgIpc) is 3.35. The topological polar surface area (TPSA) is 57.8 Å². The monoisotopic (exact) mass is 395 g/mol. The molecule has 4 rings (SSSR count). The summed E-state index contributed by atoms with van der Waals surface area (Å²) in [5.74, 6) is 0.378. The van der Waals surface area contributed by atoms with Crippen LogP contribution in [0.1, 0.15) is 23.6 Å². The summed E-state index contributed by atoms with van der Waals surface area (Å²) in [6, 6.07) is 18.1. The van der Waals surface area contributed by atoms with Crippen molar-refractivity contribution in [2.45, 2.75) is 19.3 Å². The second-order valence-corrected chi connectivity index (χ2v) is 7.35. The molecule has 126 valence electrons. The molecule has 25 heavy (non-hydrogen) atoms. The highest BCUT2D eigenvalue weighted by Gasteiger charge is 2.44. The van der Waals surface area contributed by atoms with Gasteiger partial charge in [0.05, 0.1) is 11.4 Å². The van der Waals surface area contributed by atoms with Gasteiger partial charge < -0.3 is 5.32 Å². The minimum atomic E-state index is 0.0206. The maximum Gasteiger partial charge on any atom is 0.228 e. The Morgan fingerprint density at radius 1 is 1.20 bits per heavy atom. The molecule has 1 amide bonds. The van der Waals surface area contributed by atoms with Gasteiger partial charge in [-0.2, -0.15) is 5.10 Å². The van der Waals surface area contributed by atoms with Gasteiger partial charge in [0.2, 0.25) is 5.91 Å². The van der Waals surface area contributed by atoms with Crippen LogP contribution in [0.2, 0.25) is 0 Å². The van der Waals surface area contributed by atoms with Gasteiger partial charge in [-0.15, -0.1) is 0 Å². The summed E-state index contributed by atoms with van der Waals surface area (Å²) in [6.45, 7) is 1.92. The predicted molar refractivity (Wildman–Crippen MR) is 102 cm³/mol. The van der Waals surface area contributed by atoms with E-state index in [0.717, 1.165) is 33.5 Å². The van der Waals surface area contributed by atoms with Crippen LogP contribution in [-0.4, -0.2) is 16.1 Å². The quantitative estimate of drug-likeness (QED) is 0.660. The maximum absolute atomic E-state index is 12.7.